The van der Waals surface area contributed by atoms with E-state index in [1.807, 2.05) is 0 Å². The van der Waals surface area contributed by atoms with Gasteiger partial charge in [0.1, 0.15) is 0 Å². The normalized spacial score (nSPS) is 30.8. The smallest absolute Gasteiger partial charge is 0.0688 e. The highest BCUT2D eigenvalue weighted by Gasteiger charge is 2.29. The van der Waals surface area contributed by atoms with Gasteiger partial charge in [-0.3, -0.25) is 0 Å². The van der Waals surface area contributed by atoms with Crippen molar-refractivity contribution in [1.82, 2.24) is 0 Å². The summed E-state index contributed by atoms with van der Waals surface area (Å²) in [6.45, 7) is 9.04. The minimum absolute atomic E-state index is 0.0436. The third kappa shape index (κ3) is 3.04. The summed E-state index contributed by atoms with van der Waals surface area (Å²) in [6, 6.07) is 0. The summed E-state index contributed by atoms with van der Waals surface area (Å²) in [7, 11) is 6.13. The fourth-order valence-electron chi connectivity index (χ4n) is 2.53. The summed E-state index contributed by atoms with van der Waals surface area (Å²) < 4.78 is 0. The van der Waals surface area contributed by atoms with Gasteiger partial charge in [0.05, 0.1) is 7.85 Å². The van der Waals surface area contributed by atoms with E-state index < -0.39 is 0 Å². The highest BCUT2D eigenvalue weighted by atomic mass is 14.3. The molecule has 0 aliphatic heterocycles. The van der Waals surface area contributed by atoms with E-state index in [-0.39, 0.29) is 5.31 Å². The van der Waals surface area contributed by atoms with Crippen LogP contribution in [-0.4, -0.2) is 7.85 Å². The van der Waals surface area contributed by atoms with Crippen LogP contribution in [-0.2, 0) is 0 Å². The van der Waals surface area contributed by atoms with Gasteiger partial charge < -0.3 is 0 Å². The molecule has 0 aromatic carbocycles. The van der Waals surface area contributed by atoms with Crippen molar-refractivity contribution < 1.29 is 0 Å². The first-order valence-electron chi connectivity index (χ1n) is 5.70. The molecule has 2 radical (unpaired) electrons. The van der Waals surface area contributed by atoms with E-state index in [4.69, 9.17) is 7.85 Å². The minimum atomic E-state index is 0.0436. The molecule has 0 bridgehead atoms. The molecule has 0 nitrogen and oxygen atoms in total. The number of hydrogen-bond donors (Lipinski definition) is 0. The molecule has 1 aliphatic carbocycles. The van der Waals surface area contributed by atoms with Crippen LogP contribution in [0.25, 0.3) is 0 Å². The second-order valence-corrected chi connectivity index (χ2v) is 5.68. The molecule has 1 heteroatoms. The van der Waals surface area contributed by atoms with Gasteiger partial charge in [0.15, 0.2) is 0 Å². The number of rotatable bonds is 2. The monoisotopic (exact) mass is 178 g/mol. The Morgan fingerprint density at radius 2 is 1.54 bits per heavy atom. The van der Waals surface area contributed by atoms with Crippen LogP contribution in [0.1, 0.15) is 53.4 Å². The molecule has 0 saturated heterocycles. The van der Waals surface area contributed by atoms with Gasteiger partial charge in [-0.25, -0.2) is 0 Å². The summed E-state index contributed by atoms with van der Waals surface area (Å²) in [5.74, 6) is 2.57. The lowest BCUT2D eigenvalue weighted by molar-refractivity contribution is 0.196. The maximum atomic E-state index is 6.13. The molecule has 0 aromatic heterocycles. The van der Waals surface area contributed by atoms with Gasteiger partial charge in [-0.15, -0.1) is 0 Å². The summed E-state index contributed by atoms with van der Waals surface area (Å²) in [5.41, 5.74) is 0. The first kappa shape index (κ1) is 11.1. The van der Waals surface area contributed by atoms with Crippen molar-refractivity contribution in [2.45, 2.75) is 58.7 Å². The quantitative estimate of drug-likeness (QED) is 0.564. The molecule has 13 heavy (non-hydrogen) atoms. The lowest BCUT2D eigenvalue weighted by atomic mass is 9.58. The van der Waals surface area contributed by atoms with Gasteiger partial charge in [-0.2, -0.15) is 0 Å². The Morgan fingerprint density at radius 3 is 1.85 bits per heavy atom. The van der Waals surface area contributed by atoms with Crippen molar-refractivity contribution >= 4 is 7.85 Å². The van der Waals surface area contributed by atoms with E-state index in [2.05, 4.69) is 27.7 Å². The van der Waals surface area contributed by atoms with Crippen molar-refractivity contribution in [3.05, 3.63) is 0 Å². The van der Waals surface area contributed by atoms with Gasteiger partial charge in [0.25, 0.3) is 0 Å². The highest BCUT2D eigenvalue weighted by molar-refractivity contribution is 6.14. The molecule has 0 heterocycles. The second-order valence-electron chi connectivity index (χ2n) is 5.68. The molecular weight excluding hydrogens is 155 g/mol. The molecule has 0 aromatic rings. The zero-order valence-corrected chi connectivity index (χ0v) is 9.64. The Hall–Kier alpha value is 0.0649. The van der Waals surface area contributed by atoms with E-state index in [1.54, 1.807) is 0 Å². The van der Waals surface area contributed by atoms with Gasteiger partial charge in [-0.05, 0) is 30.6 Å². The molecule has 0 spiro atoms. The SMILES string of the molecule is [B]C(C)(C)C1CCC(C(C)C)CC1. The average molecular weight is 178 g/mol. The molecule has 74 valence electrons. The fraction of sp³-hybridized carbons (Fsp3) is 1.00. The lowest BCUT2D eigenvalue weighted by Crippen LogP contribution is -2.25. The van der Waals surface area contributed by atoms with Gasteiger partial charge in [0.2, 0.25) is 0 Å². The van der Waals surface area contributed by atoms with E-state index in [0.29, 0.717) is 0 Å². The van der Waals surface area contributed by atoms with E-state index >= 15 is 0 Å². The van der Waals surface area contributed by atoms with Crippen molar-refractivity contribution in [2.24, 2.45) is 17.8 Å². The van der Waals surface area contributed by atoms with E-state index in [1.165, 1.54) is 25.7 Å². The molecule has 0 N–H and O–H groups in total. The summed E-state index contributed by atoms with van der Waals surface area (Å²) in [4.78, 5) is 0. The standard InChI is InChI=1S/C12H23B/c1-9(2)10-5-7-11(8-6-10)12(3,4)13/h9-11H,5-8H2,1-4H3. The Labute approximate surface area is 84.9 Å². The van der Waals surface area contributed by atoms with Crippen molar-refractivity contribution in [1.29, 1.82) is 0 Å². The maximum absolute atomic E-state index is 6.13. The molecule has 1 fully saturated rings. The van der Waals surface area contributed by atoms with Crippen LogP contribution in [0.5, 0.6) is 0 Å². The van der Waals surface area contributed by atoms with Crippen molar-refractivity contribution in [3.63, 3.8) is 0 Å². The van der Waals surface area contributed by atoms with Gasteiger partial charge in [-0.1, -0.05) is 45.9 Å². The molecule has 0 amide bonds. The van der Waals surface area contributed by atoms with Crippen LogP contribution in [0, 0.1) is 17.8 Å². The third-order valence-electron chi connectivity index (χ3n) is 3.77. The zero-order chi connectivity index (χ0) is 10.1. The molecule has 1 saturated carbocycles. The lowest BCUT2D eigenvalue weighted by Gasteiger charge is -2.38. The maximum Gasteiger partial charge on any atom is 0.0742 e. The Kier molecular flexibility index (Phi) is 3.48. The first-order chi connectivity index (χ1) is 5.91. The topological polar surface area (TPSA) is 0 Å². The Bertz CT molecular complexity index is 147. The van der Waals surface area contributed by atoms with E-state index in [9.17, 15) is 0 Å². The molecule has 0 unspecified atom stereocenters. The molecular formula is C12H23B. The summed E-state index contributed by atoms with van der Waals surface area (Å²) in [5, 5.41) is 0.0436. The van der Waals surface area contributed by atoms with Gasteiger partial charge in [0, 0.05) is 0 Å². The van der Waals surface area contributed by atoms with Crippen LogP contribution in [0.15, 0.2) is 0 Å². The molecule has 1 aliphatic rings. The first-order valence-corrected chi connectivity index (χ1v) is 5.70. The second kappa shape index (κ2) is 4.06. The predicted octanol–water partition coefficient (Wildman–Crippen LogP) is 3.82. The third-order valence-corrected chi connectivity index (χ3v) is 3.77. The summed E-state index contributed by atoms with van der Waals surface area (Å²) >= 11 is 0. The predicted molar refractivity (Wildman–Crippen MR) is 60.1 cm³/mol. The minimum Gasteiger partial charge on any atom is -0.0688 e. The Morgan fingerprint density at radius 1 is 1.08 bits per heavy atom. The molecule has 0 atom stereocenters. The average Bonchev–Trinajstić information content (AvgIpc) is 2.03. The Balaban J connectivity index is 2.39. The zero-order valence-electron chi connectivity index (χ0n) is 9.64. The summed E-state index contributed by atoms with van der Waals surface area (Å²) in [6.07, 6.45) is 5.46. The fourth-order valence-corrected chi connectivity index (χ4v) is 2.53. The van der Waals surface area contributed by atoms with Crippen LogP contribution in [0.2, 0.25) is 5.31 Å². The molecule has 1 rings (SSSR count). The van der Waals surface area contributed by atoms with Crippen molar-refractivity contribution in [2.75, 3.05) is 0 Å². The van der Waals surface area contributed by atoms with Crippen LogP contribution in [0.4, 0.5) is 0 Å². The largest absolute Gasteiger partial charge is 0.0742 e. The van der Waals surface area contributed by atoms with Crippen LogP contribution < -0.4 is 0 Å². The van der Waals surface area contributed by atoms with Crippen molar-refractivity contribution in [3.8, 4) is 0 Å². The van der Waals surface area contributed by atoms with Gasteiger partial charge >= 0.3 is 0 Å². The highest BCUT2D eigenvalue weighted by Crippen LogP contribution is 2.43. The van der Waals surface area contributed by atoms with Crippen LogP contribution >= 0.6 is 0 Å². The number of hydrogen-bond acceptors (Lipinski definition) is 0. The van der Waals surface area contributed by atoms with Crippen LogP contribution in [0.3, 0.4) is 0 Å². The van der Waals surface area contributed by atoms with E-state index in [0.717, 1.165) is 17.8 Å².